The monoisotopic (exact) mass is 204 g/mol. The molecule has 0 fully saturated rings. The predicted molar refractivity (Wildman–Crippen MR) is 64.8 cm³/mol. The molecule has 1 heterocycles. The summed E-state index contributed by atoms with van der Waals surface area (Å²) in [7, 11) is 0. The smallest absolute Gasteiger partial charge is 0.0375 e. The Hall–Kier alpha value is -1.15. The van der Waals surface area contributed by atoms with Crippen LogP contribution in [0.15, 0.2) is 30.5 Å². The molecule has 0 amide bonds. The molecule has 0 saturated carbocycles. The first-order valence-corrected chi connectivity index (χ1v) is 5.43. The number of nitrogens with zero attached hydrogens (tertiary/aromatic N) is 1. The predicted octanol–water partition coefficient (Wildman–Crippen LogP) is 3.01. The second-order valence-electron chi connectivity index (χ2n) is 4.00. The number of nitrogens with one attached hydrogen (secondary N) is 1. The van der Waals surface area contributed by atoms with Gasteiger partial charge in [0.25, 0.3) is 0 Å². The maximum atomic E-state index is 4.21. The molecule has 0 aliphatic carbocycles. The summed E-state index contributed by atoms with van der Waals surface area (Å²) in [6.07, 6.45) is 2.85. The SMILES string of the molecule is C=C(C)CC(NCC)c1ccnc(C)c1. The number of hydrogen-bond donors (Lipinski definition) is 1. The van der Waals surface area contributed by atoms with Crippen molar-refractivity contribution >= 4 is 0 Å². The van der Waals surface area contributed by atoms with E-state index in [0.29, 0.717) is 6.04 Å². The first-order chi connectivity index (χ1) is 7.13. The van der Waals surface area contributed by atoms with E-state index in [0.717, 1.165) is 18.7 Å². The van der Waals surface area contributed by atoms with Crippen LogP contribution in [0.5, 0.6) is 0 Å². The zero-order valence-corrected chi connectivity index (χ0v) is 9.88. The summed E-state index contributed by atoms with van der Waals surface area (Å²) < 4.78 is 0. The molecule has 82 valence electrons. The van der Waals surface area contributed by atoms with Gasteiger partial charge >= 0.3 is 0 Å². The fraction of sp³-hybridized carbons (Fsp3) is 0.462. The molecule has 2 nitrogen and oxygen atoms in total. The Labute approximate surface area is 92.4 Å². The van der Waals surface area contributed by atoms with Crippen LogP contribution < -0.4 is 5.32 Å². The zero-order chi connectivity index (χ0) is 11.3. The van der Waals surface area contributed by atoms with Gasteiger partial charge in [0.1, 0.15) is 0 Å². The number of hydrogen-bond acceptors (Lipinski definition) is 2. The van der Waals surface area contributed by atoms with E-state index >= 15 is 0 Å². The minimum atomic E-state index is 0.370. The summed E-state index contributed by atoms with van der Waals surface area (Å²) in [6.45, 7) is 11.2. The molecule has 0 radical (unpaired) electrons. The van der Waals surface area contributed by atoms with E-state index in [1.807, 2.05) is 13.1 Å². The third-order valence-electron chi connectivity index (χ3n) is 2.33. The van der Waals surface area contributed by atoms with Crippen LogP contribution in [0, 0.1) is 6.92 Å². The van der Waals surface area contributed by atoms with Crippen LogP contribution in [0.25, 0.3) is 0 Å². The van der Waals surface area contributed by atoms with Crippen molar-refractivity contribution in [3.8, 4) is 0 Å². The second kappa shape index (κ2) is 5.66. The Kier molecular flexibility index (Phi) is 4.50. The van der Waals surface area contributed by atoms with Crippen LogP contribution in [0.3, 0.4) is 0 Å². The van der Waals surface area contributed by atoms with E-state index < -0.39 is 0 Å². The summed E-state index contributed by atoms with van der Waals surface area (Å²) in [6, 6.07) is 4.58. The van der Waals surface area contributed by atoms with Gasteiger partial charge in [-0.3, -0.25) is 4.98 Å². The molecule has 0 spiro atoms. The van der Waals surface area contributed by atoms with Gasteiger partial charge < -0.3 is 5.32 Å². The molecule has 0 aliphatic rings. The lowest BCUT2D eigenvalue weighted by atomic mass is 10.0. The van der Waals surface area contributed by atoms with Gasteiger partial charge in [-0.2, -0.15) is 0 Å². The summed E-state index contributed by atoms with van der Waals surface area (Å²) >= 11 is 0. The highest BCUT2D eigenvalue weighted by Crippen LogP contribution is 2.20. The molecule has 1 aromatic heterocycles. The van der Waals surface area contributed by atoms with Gasteiger partial charge in [-0.15, -0.1) is 6.58 Å². The molecule has 1 rings (SSSR count). The Morgan fingerprint density at radius 3 is 2.87 bits per heavy atom. The van der Waals surface area contributed by atoms with Crippen molar-refractivity contribution < 1.29 is 0 Å². The van der Waals surface area contributed by atoms with Gasteiger partial charge in [0, 0.05) is 17.9 Å². The summed E-state index contributed by atoms with van der Waals surface area (Å²) in [5, 5.41) is 3.47. The van der Waals surface area contributed by atoms with Crippen molar-refractivity contribution in [2.75, 3.05) is 6.54 Å². The fourth-order valence-electron chi connectivity index (χ4n) is 1.69. The topological polar surface area (TPSA) is 24.9 Å². The highest BCUT2D eigenvalue weighted by Gasteiger charge is 2.10. The molecule has 0 aliphatic heterocycles. The van der Waals surface area contributed by atoms with E-state index in [9.17, 15) is 0 Å². The number of aryl methyl sites for hydroxylation is 1. The van der Waals surface area contributed by atoms with Crippen LogP contribution in [-0.2, 0) is 0 Å². The van der Waals surface area contributed by atoms with E-state index in [4.69, 9.17) is 0 Å². The maximum Gasteiger partial charge on any atom is 0.0375 e. The third kappa shape index (κ3) is 3.84. The summed E-state index contributed by atoms with van der Waals surface area (Å²) in [5.41, 5.74) is 3.57. The first-order valence-electron chi connectivity index (χ1n) is 5.43. The number of rotatable bonds is 5. The molecule has 1 aromatic rings. The first kappa shape index (κ1) is 11.9. The largest absolute Gasteiger partial charge is 0.310 e. The molecular weight excluding hydrogens is 184 g/mol. The van der Waals surface area contributed by atoms with Gasteiger partial charge in [0.15, 0.2) is 0 Å². The molecule has 0 saturated heterocycles. The van der Waals surface area contributed by atoms with E-state index in [1.165, 1.54) is 11.1 Å². The maximum absolute atomic E-state index is 4.21. The fourth-order valence-corrected chi connectivity index (χ4v) is 1.69. The normalized spacial score (nSPS) is 12.5. The zero-order valence-electron chi connectivity index (χ0n) is 9.88. The van der Waals surface area contributed by atoms with Crippen molar-refractivity contribution in [3.63, 3.8) is 0 Å². The average molecular weight is 204 g/mol. The number of aromatic nitrogens is 1. The molecular formula is C13H20N2. The van der Waals surface area contributed by atoms with Crippen LogP contribution >= 0.6 is 0 Å². The molecule has 2 heteroatoms. The van der Waals surface area contributed by atoms with Gasteiger partial charge in [-0.05, 0) is 44.5 Å². The molecule has 0 aromatic carbocycles. The molecule has 1 unspecified atom stereocenters. The Morgan fingerprint density at radius 1 is 1.60 bits per heavy atom. The lowest BCUT2D eigenvalue weighted by molar-refractivity contribution is 0.547. The van der Waals surface area contributed by atoms with Crippen molar-refractivity contribution in [2.24, 2.45) is 0 Å². The van der Waals surface area contributed by atoms with Crippen LogP contribution in [0.2, 0.25) is 0 Å². The van der Waals surface area contributed by atoms with Crippen molar-refractivity contribution in [2.45, 2.75) is 33.2 Å². The lowest BCUT2D eigenvalue weighted by Crippen LogP contribution is -2.21. The van der Waals surface area contributed by atoms with E-state index in [-0.39, 0.29) is 0 Å². The minimum absolute atomic E-state index is 0.370. The second-order valence-corrected chi connectivity index (χ2v) is 4.00. The van der Waals surface area contributed by atoms with Crippen molar-refractivity contribution in [1.82, 2.24) is 10.3 Å². The van der Waals surface area contributed by atoms with Gasteiger partial charge in [-0.25, -0.2) is 0 Å². The Balaban J connectivity index is 2.83. The van der Waals surface area contributed by atoms with Crippen LogP contribution in [0.4, 0.5) is 0 Å². The number of pyridine rings is 1. The van der Waals surface area contributed by atoms with Crippen LogP contribution in [0.1, 0.15) is 37.6 Å². The average Bonchev–Trinajstić information content (AvgIpc) is 2.16. The Morgan fingerprint density at radius 2 is 2.33 bits per heavy atom. The molecule has 1 atom stereocenters. The van der Waals surface area contributed by atoms with Crippen molar-refractivity contribution in [3.05, 3.63) is 41.7 Å². The van der Waals surface area contributed by atoms with E-state index in [1.54, 1.807) is 0 Å². The van der Waals surface area contributed by atoms with Gasteiger partial charge in [-0.1, -0.05) is 12.5 Å². The van der Waals surface area contributed by atoms with Crippen molar-refractivity contribution in [1.29, 1.82) is 0 Å². The molecule has 1 N–H and O–H groups in total. The lowest BCUT2D eigenvalue weighted by Gasteiger charge is -2.18. The van der Waals surface area contributed by atoms with E-state index in [2.05, 4.69) is 42.9 Å². The Bertz CT molecular complexity index is 331. The minimum Gasteiger partial charge on any atom is -0.310 e. The summed E-state index contributed by atoms with van der Waals surface area (Å²) in [4.78, 5) is 4.21. The van der Waals surface area contributed by atoms with Crippen LogP contribution in [-0.4, -0.2) is 11.5 Å². The molecule has 0 bridgehead atoms. The standard InChI is InChI=1S/C13H20N2/c1-5-14-13(8-10(2)3)12-6-7-15-11(4)9-12/h6-7,9,13-14H,2,5,8H2,1,3-4H3. The highest BCUT2D eigenvalue weighted by atomic mass is 14.9. The van der Waals surface area contributed by atoms with Gasteiger partial charge in [0.2, 0.25) is 0 Å². The quantitative estimate of drug-likeness (QED) is 0.746. The van der Waals surface area contributed by atoms with Gasteiger partial charge in [0.05, 0.1) is 0 Å². The molecule has 15 heavy (non-hydrogen) atoms. The third-order valence-corrected chi connectivity index (χ3v) is 2.33. The summed E-state index contributed by atoms with van der Waals surface area (Å²) in [5.74, 6) is 0. The highest BCUT2D eigenvalue weighted by molar-refractivity contribution is 5.21.